The average Bonchev–Trinajstić information content (AvgIpc) is 2.61. The molecule has 25 heavy (non-hydrogen) atoms. The number of carbonyl (C=O) groups excluding carboxylic acids is 2. The highest BCUT2D eigenvalue weighted by molar-refractivity contribution is 6.32. The standard InChI is InChI=1S/C18H20ClN3O3/c1-3-20-18(24)12-4-6-13(7-5-12)21-11-17(23)22-14-8-9-16(25-2)15(19)10-14/h4-10,21H,3,11H2,1-2H3,(H,20,24)(H,22,23). The number of rotatable bonds is 7. The van der Waals surface area contributed by atoms with Crippen LogP contribution in [0.3, 0.4) is 0 Å². The van der Waals surface area contributed by atoms with Crippen LogP contribution in [0.5, 0.6) is 5.75 Å². The molecule has 0 aliphatic heterocycles. The van der Waals surface area contributed by atoms with Gasteiger partial charge in [-0.3, -0.25) is 9.59 Å². The minimum absolute atomic E-state index is 0.0875. The monoisotopic (exact) mass is 361 g/mol. The fraction of sp³-hybridized carbons (Fsp3) is 0.222. The predicted molar refractivity (Wildman–Crippen MR) is 99.6 cm³/mol. The molecule has 0 aliphatic carbocycles. The summed E-state index contributed by atoms with van der Waals surface area (Å²) in [5, 5.41) is 8.90. The maximum absolute atomic E-state index is 12.0. The van der Waals surface area contributed by atoms with Crippen LogP contribution in [0.2, 0.25) is 5.02 Å². The van der Waals surface area contributed by atoms with Crippen LogP contribution in [0.25, 0.3) is 0 Å². The lowest BCUT2D eigenvalue weighted by molar-refractivity contribution is -0.114. The molecule has 0 saturated heterocycles. The van der Waals surface area contributed by atoms with Crippen LogP contribution in [0, 0.1) is 0 Å². The molecule has 0 bridgehead atoms. The van der Waals surface area contributed by atoms with E-state index in [0.717, 1.165) is 5.69 Å². The first-order valence-electron chi connectivity index (χ1n) is 7.79. The zero-order valence-electron chi connectivity index (χ0n) is 14.1. The van der Waals surface area contributed by atoms with Crippen molar-refractivity contribution in [2.45, 2.75) is 6.92 Å². The lowest BCUT2D eigenvalue weighted by Gasteiger charge is -2.10. The van der Waals surface area contributed by atoms with Crippen LogP contribution >= 0.6 is 11.6 Å². The van der Waals surface area contributed by atoms with Crippen LogP contribution in [0.4, 0.5) is 11.4 Å². The van der Waals surface area contributed by atoms with Crippen molar-refractivity contribution in [3.8, 4) is 5.75 Å². The zero-order valence-corrected chi connectivity index (χ0v) is 14.8. The molecule has 0 unspecified atom stereocenters. The van der Waals surface area contributed by atoms with Crippen molar-refractivity contribution < 1.29 is 14.3 Å². The van der Waals surface area contributed by atoms with Gasteiger partial charge < -0.3 is 20.7 Å². The van der Waals surface area contributed by atoms with Gasteiger partial charge in [-0.2, -0.15) is 0 Å². The molecule has 2 aromatic carbocycles. The molecule has 6 nitrogen and oxygen atoms in total. The number of carbonyl (C=O) groups is 2. The summed E-state index contributed by atoms with van der Waals surface area (Å²) in [5.41, 5.74) is 1.91. The first-order chi connectivity index (χ1) is 12.0. The van der Waals surface area contributed by atoms with Crippen molar-refractivity contribution >= 4 is 34.8 Å². The van der Waals surface area contributed by atoms with Crippen LogP contribution in [0.1, 0.15) is 17.3 Å². The van der Waals surface area contributed by atoms with E-state index >= 15 is 0 Å². The summed E-state index contributed by atoms with van der Waals surface area (Å²) in [4.78, 5) is 23.7. The van der Waals surface area contributed by atoms with E-state index in [1.165, 1.54) is 7.11 Å². The average molecular weight is 362 g/mol. The fourth-order valence-corrected chi connectivity index (χ4v) is 2.39. The van der Waals surface area contributed by atoms with Crippen molar-refractivity contribution in [2.75, 3.05) is 30.8 Å². The van der Waals surface area contributed by atoms with Gasteiger partial charge in [0.2, 0.25) is 5.91 Å². The van der Waals surface area contributed by atoms with Gasteiger partial charge in [0, 0.05) is 23.5 Å². The number of hydrogen-bond donors (Lipinski definition) is 3. The molecule has 0 atom stereocenters. The Morgan fingerprint density at radius 1 is 1.08 bits per heavy atom. The van der Waals surface area contributed by atoms with Gasteiger partial charge in [0.15, 0.2) is 0 Å². The Morgan fingerprint density at radius 3 is 2.36 bits per heavy atom. The number of nitrogens with one attached hydrogen (secondary N) is 3. The summed E-state index contributed by atoms with van der Waals surface area (Å²) in [6.07, 6.45) is 0. The molecule has 2 aromatic rings. The van der Waals surface area contributed by atoms with Crippen LogP contribution < -0.4 is 20.7 Å². The zero-order chi connectivity index (χ0) is 18.2. The third-order valence-electron chi connectivity index (χ3n) is 3.37. The minimum Gasteiger partial charge on any atom is -0.495 e. The van der Waals surface area contributed by atoms with Crippen molar-refractivity contribution in [2.24, 2.45) is 0 Å². The first kappa shape index (κ1) is 18.6. The molecule has 2 rings (SSSR count). The highest BCUT2D eigenvalue weighted by Crippen LogP contribution is 2.27. The van der Waals surface area contributed by atoms with Gasteiger partial charge in [-0.1, -0.05) is 11.6 Å². The number of halogens is 1. The minimum atomic E-state index is -0.214. The van der Waals surface area contributed by atoms with E-state index in [0.29, 0.717) is 28.6 Å². The summed E-state index contributed by atoms with van der Waals surface area (Å²) >= 11 is 6.02. The van der Waals surface area contributed by atoms with Crippen LogP contribution in [0.15, 0.2) is 42.5 Å². The molecule has 0 aliphatic rings. The van der Waals surface area contributed by atoms with Gasteiger partial charge >= 0.3 is 0 Å². The predicted octanol–water partition coefficient (Wildman–Crippen LogP) is 3.15. The summed E-state index contributed by atoms with van der Waals surface area (Å²) in [7, 11) is 1.53. The second-order valence-corrected chi connectivity index (χ2v) is 5.60. The van der Waals surface area contributed by atoms with E-state index in [2.05, 4.69) is 16.0 Å². The molecule has 7 heteroatoms. The van der Waals surface area contributed by atoms with E-state index in [4.69, 9.17) is 16.3 Å². The third-order valence-corrected chi connectivity index (χ3v) is 3.67. The number of ether oxygens (including phenoxy) is 1. The van der Waals surface area contributed by atoms with Crippen LogP contribution in [-0.2, 0) is 4.79 Å². The van der Waals surface area contributed by atoms with Crippen molar-refractivity contribution in [3.05, 3.63) is 53.1 Å². The van der Waals surface area contributed by atoms with Crippen molar-refractivity contribution in [3.63, 3.8) is 0 Å². The molecule has 0 radical (unpaired) electrons. The normalized spacial score (nSPS) is 10.0. The third kappa shape index (κ3) is 5.39. The lowest BCUT2D eigenvalue weighted by Crippen LogP contribution is -2.23. The largest absolute Gasteiger partial charge is 0.495 e. The Labute approximate surface area is 151 Å². The van der Waals surface area contributed by atoms with Gasteiger partial charge in [0.25, 0.3) is 5.91 Å². The Bertz CT molecular complexity index is 748. The molecule has 0 heterocycles. The second-order valence-electron chi connectivity index (χ2n) is 5.19. The maximum Gasteiger partial charge on any atom is 0.251 e. The molecular formula is C18H20ClN3O3. The van der Waals surface area contributed by atoms with E-state index in [1.54, 1.807) is 42.5 Å². The molecular weight excluding hydrogens is 342 g/mol. The molecule has 0 saturated carbocycles. The quantitative estimate of drug-likeness (QED) is 0.707. The number of amides is 2. The van der Waals surface area contributed by atoms with Gasteiger partial charge in [-0.25, -0.2) is 0 Å². The SMILES string of the molecule is CCNC(=O)c1ccc(NCC(=O)Nc2ccc(OC)c(Cl)c2)cc1. The summed E-state index contributed by atoms with van der Waals surface area (Å²) < 4.78 is 5.07. The topological polar surface area (TPSA) is 79.5 Å². The molecule has 0 fully saturated rings. The molecule has 3 N–H and O–H groups in total. The fourth-order valence-electron chi connectivity index (χ4n) is 2.13. The highest BCUT2D eigenvalue weighted by atomic mass is 35.5. The molecule has 2 amide bonds. The van der Waals surface area contributed by atoms with Crippen LogP contribution in [-0.4, -0.2) is 32.0 Å². The van der Waals surface area contributed by atoms with E-state index in [-0.39, 0.29) is 18.4 Å². The van der Waals surface area contributed by atoms with Crippen molar-refractivity contribution in [1.29, 1.82) is 0 Å². The van der Waals surface area contributed by atoms with Gasteiger partial charge in [-0.15, -0.1) is 0 Å². The molecule has 0 spiro atoms. The van der Waals surface area contributed by atoms with Gasteiger partial charge in [-0.05, 0) is 49.4 Å². The van der Waals surface area contributed by atoms with Gasteiger partial charge in [0.1, 0.15) is 5.75 Å². The number of methoxy groups -OCH3 is 1. The Hall–Kier alpha value is -2.73. The van der Waals surface area contributed by atoms with E-state index in [1.807, 2.05) is 6.92 Å². The lowest BCUT2D eigenvalue weighted by atomic mass is 10.2. The summed E-state index contributed by atoms with van der Waals surface area (Å²) in [6, 6.07) is 11.9. The Morgan fingerprint density at radius 2 is 1.76 bits per heavy atom. The first-order valence-corrected chi connectivity index (χ1v) is 8.16. The highest BCUT2D eigenvalue weighted by Gasteiger charge is 2.07. The Kier molecular flexibility index (Phi) is 6.65. The maximum atomic E-state index is 12.0. The smallest absolute Gasteiger partial charge is 0.251 e. The van der Waals surface area contributed by atoms with Gasteiger partial charge in [0.05, 0.1) is 18.7 Å². The summed E-state index contributed by atoms with van der Waals surface area (Å²) in [6.45, 7) is 2.53. The van der Waals surface area contributed by atoms with E-state index in [9.17, 15) is 9.59 Å². The molecule has 132 valence electrons. The van der Waals surface area contributed by atoms with Crippen molar-refractivity contribution in [1.82, 2.24) is 5.32 Å². The Balaban J connectivity index is 1.87. The number of benzene rings is 2. The number of hydrogen-bond acceptors (Lipinski definition) is 4. The second kappa shape index (κ2) is 8.94. The molecule has 0 aromatic heterocycles. The summed E-state index contributed by atoms with van der Waals surface area (Å²) in [5.74, 6) is 0.210. The number of anilines is 2. The van der Waals surface area contributed by atoms with E-state index < -0.39 is 0 Å².